The molecule has 0 aromatic heterocycles. The van der Waals surface area contributed by atoms with Gasteiger partial charge in [0.05, 0.1) is 0 Å². The van der Waals surface area contributed by atoms with Crippen LogP contribution in [0.5, 0.6) is 0 Å². The van der Waals surface area contributed by atoms with E-state index in [9.17, 15) is 4.79 Å². The van der Waals surface area contributed by atoms with Gasteiger partial charge in [0.2, 0.25) is 5.91 Å². The van der Waals surface area contributed by atoms with Crippen LogP contribution >= 0.6 is 0 Å². The highest BCUT2D eigenvalue weighted by molar-refractivity contribution is 5.80. The molecule has 0 radical (unpaired) electrons. The lowest BCUT2D eigenvalue weighted by Crippen LogP contribution is -2.56. The van der Waals surface area contributed by atoms with E-state index in [2.05, 4.69) is 67.3 Å². The molecule has 0 saturated heterocycles. The fraction of sp³-hybridized carbons (Fsp3) is 0.850. The molecule has 2 nitrogen and oxygen atoms in total. The molecule has 1 aliphatic carbocycles. The zero-order valence-corrected chi connectivity index (χ0v) is 16.0. The van der Waals surface area contributed by atoms with E-state index in [1.807, 2.05) is 0 Å². The first-order valence-corrected chi connectivity index (χ1v) is 8.88. The molecule has 1 aliphatic rings. The van der Waals surface area contributed by atoms with Crippen LogP contribution in [0.3, 0.4) is 0 Å². The molecule has 128 valence electrons. The number of carbonyl (C=O) groups is 1. The summed E-state index contributed by atoms with van der Waals surface area (Å²) in [5.41, 5.74) is 1.25. The average Bonchev–Trinajstić information content (AvgIpc) is 2.36. The van der Waals surface area contributed by atoms with Gasteiger partial charge in [0.25, 0.3) is 0 Å². The molecular weight excluding hydrogens is 270 g/mol. The second kappa shape index (κ2) is 6.76. The average molecular weight is 308 g/mol. The fourth-order valence-corrected chi connectivity index (χ4v) is 3.77. The van der Waals surface area contributed by atoms with Crippen molar-refractivity contribution in [3.8, 4) is 0 Å². The number of amides is 1. The largest absolute Gasteiger partial charge is 0.350 e. The predicted octanol–water partition coefficient (Wildman–Crippen LogP) is 5.19. The van der Waals surface area contributed by atoms with Crippen molar-refractivity contribution >= 4 is 5.91 Å². The van der Waals surface area contributed by atoms with Crippen molar-refractivity contribution in [1.82, 2.24) is 5.32 Å². The van der Waals surface area contributed by atoms with Crippen LogP contribution in [0, 0.1) is 29.1 Å². The number of carbonyl (C=O) groups excluding carboxylic acids is 1. The molecule has 22 heavy (non-hydrogen) atoms. The Morgan fingerprint density at radius 3 is 2.09 bits per heavy atom. The Morgan fingerprint density at radius 1 is 1.18 bits per heavy atom. The zero-order chi connectivity index (χ0) is 17.3. The summed E-state index contributed by atoms with van der Waals surface area (Å²) in [6.07, 6.45) is 3.23. The smallest absolute Gasteiger partial charge is 0.224 e. The van der Waals surface area contributed by atoms with Crippen LogP contribution < -0.4 is 5.32 Å². The highest BCUT2D eigenvalue weighted by Crippen LogP contribution is 2.44. The van der Waals surface area contributed by atoms with Crippen LogP contribution in [0.1, 0.15) is 74.7 Å². The Bertz CT molecular complexity index is 411. The van der Waals surface area contributed by atoms with E-state index < -0.39 is 0 Å². The summed E-state index contributed by atoms with van der Waals surface area (Å²) in [7, 11) is 0. The van der Waals surface area contributed by atoms with E-state index in [1.54, 1.807) is 0 Å². The monoisotopic (exact) mass is 307 g/mol. The topological polar surface area (TPSA) is 29.1 Å². The first kappa shape index (κ1) is 19.3. The van der Waals surface area contributed by atoms with Crippen molar-refractivity contribution < 1.29 is 4.79 Å². The van der Waals surface area contributed by atoms with Crippen LogP contribution in [-0.2, 0) is 4.79 Å². The van der Waals surface area contributed by atoms with Crippen molar-refractivity contribution in [1.29, 1.82) is 0 Å². The molecule has 1 fully saturated rings. The van der Waals surface area contributed by atoms with Gasteiger partial charge in [0, 0.05) is 11.5 Å². The summed E-state index contributed by atoms with van der Waals surface area (Å²) >= 11 is 0. The Hall–Kier alpha value is -0.790. The molecule has 1 N–H and O–H groups in total. The molecule has 0 aromatic carbocycles. The highest BCUT2D eigenvalue weighted by atomic mass is 16.2. The van der Waals surface area contributed by atoms with E-state index in [0.717, 1.165) is 18.4 Å². The predicted molar refractivity (Wildman–Crippen MR) is 95.6 cm³/mol. The summed E-state index contributed by atoms with van der Waals surface area (Å²) in [6.45, 7) is 21.8. The van der Waals surface area contributed by atoms with Gasteiger partial charge in [0.15, 0.2) is 0 Å². The summed E-state index contributed by atoms with van der Waals surface area (Å²) in [5.74, 6) is 1.45. The summed E-state index contributed by atoms with van der Waals surface area (Å²) in [4.78, 5) is 13.1. The van der Waals surface area contributed by atoms with Crippen molar-refractivity contribution in [2.75, 3.05) is 0 Å². The molecule has 1 amide bonds. The van der Waals surface area contributed by atoms with E-state index >= 15 is 0 Å². The van der Waals surface area contributed by atoms with Gasteiger partial charge in [-0.15, -0.1) is 0 Å². The molecule has 0 spiro atoms. The fourth-order valence-electron chi connectivity index (χ4n) is 3.77. The summed E-state index contributed by atoms with van der Waals surface area (Å²) < 4.78 is 0. The molecular formula is C20H37NO. The third kappa shape index (κ3) is 4.14. The maximum atomic E-state index is 13.1. The Morgan fingerprint density at radius 2 is 1.68 bits per heavy atom. The standard InChI is InChI=1S/C20H37NO/c1-13(2)16-10-11-19(7,8)12-17(16)18(22)21-20(9,14(3)4)15(5)6/h14-17H,1,10-12H2,2-9H3,(H,21,22). The lowest BCUT2D eigenvalue weighted by atomic mass is 9.65. The zero-order valence-electron chi connectivity index (χ0n) is 16.0. The van der Waals surface area contributed by atoms with Crippen molar-refractivity contribution in [2.45, 2.75) is 80.2 Å². The SMILES string of the molecule is C=C(C)C1CCC(C)(C)CC1C(=O)NC(C)(C(C)C)C(C)C. The van der Waals surface area contributed by atoms with Crippen LogP contribution in [0.4, 0.5) is 0 Å². The lowest BCUT2D eigenvalue weighted by Gasteiger charge is -2.44. The quantitative estimate of drug-likeness (QED) is 0.696. The van der Waals surface area contributed by atoms with E-state index in [4.69, 9.17) is 0 Å². The minimum atomic E-state index is -0.154. The molecule has 0 aromatic rings. The van der Waals surface area contributed by atoms with Crippen LogP contribution in [0.15, 0.2) is 12.2 Å². The Labute approximate surface area is 138 Å². The van der Waals surface area contributed by atoms with Gasteiger partial charge < -0.3 is 5.32 Å². The Kier molecular flexibility index (Phi) is 5.92. The van der Waals surface area contributed by atoms with E-state index in [1.165, 1.54) is 6.42 Å². The van der Waals surface area contributed by atoms with Crippen LogP contribution in [0.25, 0.3) is 0 Å². The second-order valence-electron chi connectivity index (χ2n) is 9.05. The van der Waals surface area contributed by atoms with Gasteiger partial charge >= 0.3 is 0 Å². The third-order valence-corrected chi connectivity index (χ3v) is 6.15. The minimum absolute atomic E-state index is 0.0677. The molecule has 1 rings (SSSR count). The third-order valence-electron chi connectivity index (χ3n) is 6.15. The van der Waals surface area contributed by atoms with Crippen molar-refractivity contribution in [3.63, 3.8) is 0 Å². The van der Waals surface area contributed by atoms with Gasteiger partial charge in [-0.05, 0) is 56.3 Å². The van der Waals surface area contributed by atoms with E-state index in [-0.39, 0.29) is 22.8 Å². The number of hydrogen-bond acceptors (Lipinski definition) is 1. The van der Waals surface area contributed by atoms with Gasteiger partial charge in [0.1, 0.15) is 0 Å². The van der Waals surface area contributed by atoms with E-state index in [0.29, 0.717) is 17.8 Å². The molecule has 2 atom stereocenters. The van der Waals surface area contributed by atoms with Gasteiger partial charge in [-0.1, -0.05) is 53.7 Å². The maximum absolute atomic E-state index is 13.1. The first-order valence-electron chi connectivity index (χ1n) is 8.88. The number of nitrogens with one attached hydrogen (secondary N) is 1. The summed E-state index contributed by atoms with van der Waals surface area (Å²) in [6, 6.07) is 0. The number of rotatable bonds is 5. The first-order chi connectivity index (χ1) is 9.90. The number of allylic oxidation sites excluding steroid dienone is 1. The highest BCUT2D eigenvalue weighted by Gasteiger charge is 2.42. The maximum Gasteiger partial charge on any atom is 0.224 e. The molecule has 0 heterocycles. The molecule has 0 bridgehead atoms. The normalized spacial score (nSPS) is 25.4. The van der Waals surface area contributed by atoms with Gasteiger partial charge in [-0.25, -0.2) is 0 Å². The summed E-state index contributed by atoms with van der Waals surface area (Å²) in [5, 5.41) is 3.40. The van der Waals surface area contributed by atoms with Crippen LogP contribution in [-0.4, -0.2) is 11.4 Å². The minimum Gasteiger partial charge on any atom is -0.350 e. The molecule has 2 heteroatoms. The molecule has 2 unspecified atom stereocenters. The second-order valence-corrected chi connectivity index (χ2v) is 9.05. The van der Waals surface area contributed by atoms with Crippen LogP contribution in [0.2, 0.25) is 0 Å². The lowest BCUT2D eigenvalue weighted by molar-refractivity contribution is -0.132. The van der Waals surface area contributed by atoms with Crippen molar-refractivity contribution in [2.24, 2.45) is 29.1 Å². The molecule has 0 aliphatic heterocycles. The number of hydrogen-bond donors (Lipinski definition) is 1. The van der Waals surface area contributed by atoms with Crippen molar-refractivity contribution in [3.05, 3.63) is 12.2 Å². The molecule has 1 saturated carbocycles. The van der Waals surface area contributed by atoms with Gasteiger partial charge in [-0.2, -0.15) is 0 Å². The Balaban J connectivity index is 2.99. The van der Waals surface area contributed by atoms with Gasteiger partial charge in [-0.3, -0.25) is 4.79 Å².